The smallest absolute Gasteiger partial charge is 0.316 e. The predicted octanol–water partition coefficient (Wildman–Crippen LogP) is 0.793. The van der Waals surface area contributed by atoms with E-state index in [-0.39, 0.29) is 22.7 Å². The van der Waals surface area contributed by atoms with Gasteiger partial charge >= 0.3 is 6.03 Å². The Kier molecular flexibility index (Phi) is 7.12. The molecule has 3 amide bonds. The maximum atomic E-state index is 11.5. The van der Waals surface area contributed by atoms with Crippen LogP contribution in [0.3, 0.4) is 0 Å². The summed E-state index contributed by atoms with van der Waals surface area (Å²) in [7, 11) is 3.34. The molecule has 16 heavy (non-hydrogen) atoms. The van der Waals surface area contributed by atoms with E-state index in [2.05, 4.69) is 26.6 Å². The Morgan fingerprint density at radius 3 is 2.12 bits per heavy atom. The van der Waals surface area contributed by atoms with Crippen molar-refractivity contribution in [3.8, 4) is 0 Å². The number of nitrogens with zero attached hydrogens (tertiary/aromatic N) is 1. The highest BCUT2D eigenvalue weighted by atomic mass is 79.9. The molecule has 0 rings (SSSR count). The third kappa shape index (κ3) is 5.95. The number of amides is 3. The van der Waals surface area contributed by atoms with Crippen molar-refractivity contribution < 1.29 is 9.59 Å². The van der Waals surface area contributed by atoms with Crippen molar-refractivity contribution in [2.45, 2.75) is 18.7 Å². The number of alkyl halides is 1. The first-order chi connectivity index (χ1) is 7.36. The van der Waals surface area contributed by atoms with Gasteiger partial charge in [0.2, 0.25) is 5.91 Å². The first kappa shape index (κ1) is 15.2. The van der Waals surface area contributed by atoms with Crippen molar-refractivity contribution in [2.75, 3.05) is 27.2 Å². The van der Waals surface area contributed by atoms with Crippen LogP contribution in [0.4, 0.5) is 4.79 Å². The van der Waals surface area contributed by atoms with Gasteiger partial charge in [-0.1, -0.05) is 29.8 Å². The van der Waals surface area contributed by atoms with Crippen LogP contribution in [0.2, 0.25) is 0 Å². The molecule has 0 saturated carbocycles. The van der Waals surface area contributed by atoms with E-state index in [0.29, 0.717) is 13.1 Å². The highest BCUT2D eigenvalue weighted by Crippen LogP contribution is 2.11. The summed E-state index contributed by atoms with van der Waals surface area (Å²) < 4.78 is 0. The van der Waals surface area contributed by atoms with E-state index in [4.69, 9.17) is 0 Å². The van der Waals surface area contributed by atoms with Crippen LogP contribution in [0.1, 0.15) is 13.8 Å². The minimum atomic E-state index is -0.183. The molecule has 2 N–H and O–H groups in total. The van der Waals surface area contributed by atoms with Gasteiger partial charge in [0.05, 0.1) is 4.83 Å². The zero-order chi connectivity index (χ0) is 12.7. The average Bonchev–Trinajstić information content (AvgIpc) is 2.22. The van der Waals surface area contributed by atoms with Crippen molar-refractivity contribution in [2.24, 2.45) is 5.92 Å². The number of urea groups is 1. The molecule has 0 aromatic carbocycles. The number of carbonyl (C=O) groups is 2. The Bertz CT molecular complexity index is 244. The quantitative estimate of drug-likeness (QED) is 0.582. The molecule has 0 aliphatic rings. The molecule has 0 heterocycles. The lowest BCUT2D eigenvalue weighted by molar-refractivity contribution is -0.121. The second-order valence-corrected chi connectivity index (χ2v) is 5.05. The Morgan fingerprint density at radius 2 is 1.69 bits per heavy atom. The molecule has 0 aliphatic heterocycles. The van der Waals surface area contributed by atoms with Gasteiger partial charge in [0, 0.05) is 27.2 Å². The van der Waals surface area contributed by atoms with Crippen LogP contribution in [0, 0.1) is 5.92 Å². The number of rotatable bonds is 5. The second kappa shape index (κ2) is 7.49. The number of carbonyl (C=O) groups excluding carboxylic acids is 2. The van der Waals surface area contributed by atoms with Crippen LogP contribution in [0.15, 0.2) is 0 Å². The fourth-order valence-corrected chi connectivity index (χ4v) is 1.08. The number of hydrogen-bond donors (Lipinski definition) is 2. The lowest BCUT2D eigenvalue weighted by Gasteiger charge is -2.15. The fraction of sp³-hybridized carbons (Fsp3) is 0.800. The number of hydrogen-bond acceptors (Lipinski definition) is 2. The minimum absolute atomic E-state index is 0.0471. The third-order valence-electron chi connectivity index (χ3n) is 1.94. The molecule has 0 spiro atoms. The Morgan fingerprint density at radius 1 is 1.19 bits per heavy atom. The summed E-state index contributed by atoms with van der Waals surface area (Å²) in [5.41, 5.74) is 0. The lowest BCUT2D eigenvalue weighted by Crippen LogP contribution is -2.41. The maximum Gasteiger partial charge on any atom is 0.316 e. The molecular weight excluding hydrogens is 274 g/mol. The third-order valence-corrected chi connectivity index (χ3v) is 3.42. The standard InChI is InChI=1S/C10H20BrN3O2/c1-7(2)8(11)9(15)12-5-6-13-10(16)14(3)4/h7-8H,5-6H2,1-4H3,(H,12,15)(H,13,16). The van der Waals surface area contributed by atoms with Gasteiger partial charge in [-0.25, -0.2) is 4.79 Å². The fourth-order valence-electron chi connectivity index (χ4n) is 0.913. The highest BCUT2D eigenvalue weighted by Gasteiger charge is 2.17. The first-order valence-electron chi connectivity index (χ1n) is 5.23. The maximum absolute atomic E-state index is 11.5. The molecular formula is C10H20BrN3O2. The van der Waals surface area contributed by atoms with Gasteiger partial charge < -0.3 is 15.5 Å². The van der Waals surface area contributed by atoms with Crippen molar-refractivity contribution >= 4 is 27.9 Å². The van der Waals surface area contributed by atoms with Crippen LogP contribution in [-0.4, -0.2) is 48.9 Å². The van der Waals surface area contributed by atoms with E-state index in [9.17, 15) is 9.59 Å². The molecule has 1 unspecified atom stereocenters. The van der Waals surface area contributed by atoms with Crippen molar-refractivity contribution in [1.29, 1.82) is 0 Å². The molecule has 0 radical (unpaired) electrons. The van der Waals surface area contributed by atoms with Gasteiger partial charge in [-0.15, -0.1) is 0 Å². The molecule has 1 atom stereocenters. The second-order valence-electron chi connectivity index (χ2n) is 4.06. The van der Waals surface area contributed by atoms with E-state index in [1.54, 1.807) is 14.1 Å². The Balaban J connectivity index is 3.67. The Hall–Kier alpha value is -0.780. The highest BCUT2D eigenvalue weighted by molar-refractivity contribution is 9.10. The molecule has 0 bridgehead atoms. The summed E-state index contributed by atoms with van der Waals surface area (Å²) in [6.45, 7) is 4.80. The van der Waals surface area contributed by atoms with Crippen LogP contribution < -0.4 is 10.6 Å². The topological polar surface area (TPSA) is 61.4 Å². The van der Waals surface area contributed by atoms with Crippen LogP contribution in [-0.2, 0) is 4.79 Å². The molecule has 6 heteroatoms. The number of halogens is 1. The molecule has 0 fully saturated rings. The SMILES string of the molecule is CC(C)C(Br)C(=O)NCCNC(=O)N(C)C. The normalized spacial score (nSPS) is 12.1. The summed E-state index contributed by atoms with van der Waals surface area (Å²) in [4.78, 5) is 23.9. The Labute approximate surface area is 105 Å². The van der Waals surface area contributed by atoms with Gasteiger partial charge in [0.25, 0.3) is 0 Å². The molecule has 94 valence electrons. The van der Waals surface area contributed by atoms with E-state index in [1.165, 1.54) is 4.90 Å². The van der Waals surface area contributed by atoms with Gasteiger partial charge in [-0.05, 0) is 5.92 Å². The summed E-state index contributed by atoms with van der Waals surface area (Å²) in [5.74, 6) is 0.200. The lowest BCUT2D eigenvalue weighted by atomic mass is 10.1. The minimum Gasteiger partial charge on any atom is -0.353 e. The zero-order valence-corrected chi connectivity index (χ0v) is 11.8. The monoisotopic (exact) mass is 293 g/mol. The van der Waals surface area contributed by atoms with Gasteiger partial charge in [-0.2, -0.15) is 0 Å². The molecule has 0 aliphatic carbocycles. The van der Waals surface area contributed by atoms with Crippen molar-refractivity contribution in [3.05, 3.63) is 0 Å². The molecule has 0 aromatic heterocycles. The summed E-state index contributed by atoms with van der Waals surface area (Å²) in [6.07, 6.45) is 0. The number of nitrogens with one attached hydrogen (secondary N) is 2. The van der Waals surface area contributed by atoms with Crippen molar-refractivity contribution in [1.82, 2.24) is 15.5 Å². The molecule has 0 saturated heterocycles. The molecule has 5 nitrogen and oxygen atoms in total. The van der Waals surface area contributed by atoms with Gasteiger partial charge in [0.1, 0.15) is 0 Å². The summed E-state index contributed by atoms with van der Waals surface area (Å²) in [6, 6.07) is -0.159. The first-order valence-corrected chi connectivity index (χ1v) is 6.14. The predicted molar refractivity (Wildman–Crippen MR) is 67.6 cm³/mol. The van der Waals surface area contributed by atoms with E-state index < -0.39 is 0 Å². The zero-order valence-electron chi connectivity index (χ0n) is 10.2. The summed E-state index contributed by atoms with van der Waals surface area (Å²) >= 11 is 3.30. The van der Waals surface area contributed by atoms with Crippen LogP contribution in [0.25, 0.3) is 0 Å². The van der Waals surface area contributed by atoms with E-state index in [0.717, 1.165) is 0 Å². The largest absolute Gasteiger partial charge is 0.353 e. The van der Waals surface area contributed by atoms with E-state index in [1.807, 2.05) is 13.8 Å². The van der Waals surface area contributed by atoms with Crippen molar-refractivity contribution in [3.63, 3.8) is 0 Å². The van der Waals surface area contributed by atoms with Crippen LogP contribution >= 0.6 is 15.9 Å². The van der Waals surface area contributed by atoms with Crippen LogP contribution in [0.5, 0.6) is 0 Å². The van der Waals surface area contributed by atoms with Gasteiger partial charge in [-0.3, -0.25) is 4.79 Å². The average molecular weight is 294 g/mol. The van der Waals surface area contributed by atoms with Gasteiger partial charge in [0.15, 0.2) is 0 Å². The van der Waals surface area contributed by atoms with E-state index >= 15 is 0 Å². The summed E-state index contributed by atoms with van der Waals surface area (Å²) in [5, 5.41) is 5.40. The molecule has 0 aromatic rings.